The van der Waals surface area contributed by atoms with E-state index in [1.54, 1.807) is 0 Å². The molecule has 160 valence electrons. The molecule has 4 nitrogen and oxygen atoms in total. The zero-order chi connectivity index (χ0) is 22.0. The van der Waals surface area contributed by atoms with Crippen LogP contribution in [0.25, 0.3) is 11.1 Å². The Balaban J connectivity index is 1.36. The van der Waals surface area contributed by atoms with Crippen molar-refractivity contribution in [1.29, 1.82) is 0 Å². The lowest BCUT2D eigenvalue weighted by molar-refractivity contribution is -0.137. The van der Waals surface area contributed by atoms with Crippen LogP contribution in [-0.4, -0.2) is 24.4 Å². The minimum absolute atomic E-state index is 0.0637. The number of alkyl carbamates (subject to hydrolysis) is 1. The molecule has 3 aromatic carbocycles. The molecule has 1 unspecified atom stereocenters. The molecule has 0 saturated carbocycles. The fourth-order valence-electron chi connectivity index (χ4n) is 3.87. The molecule has 1 aliphatic carbocycles. The van der Waals surface area contributed by atoms with Crippen molar-refractivity contribution < 1.29 is 27.8 Å². The van der Waals surface area contributed by atoms with Crippen LogP contribution in [0.15, 0.2) is 72.8 Å². The zero-order valence-electron chi connectivity index (χ0n) is 16.4. The van der Waals surface area contributed by atoms with Crippen molar-refractivity contribution in [2.24, 2.45) is 0 Å². The number of fused-ring (bicyclic) bond motifs is 3. The Morgan fingerprint density at radius 2 is 1.58 bits per heavy atom. The summed E-state index contributed by atoms with van der Waals surface area (Å²) in [5.41, 5.74) is 3.55. The van der Waals surface area contributed by atoms with Crippen LogP contribution in [0.2, 0.25) is 0 Å². The van der Waals surface area contributed by atoms with Gasteiger partial charge in [0.1, 0.15) is 6.61 Å². The number of aliphatic hydroxyl groups excluding tert-OH is 1. The molecule has 7 heteroatoms. The molecular weight excluding hydrogens is 407 g/mol. The summed E-state index contributed by atoms with van der Waals surface area (Å²) in [4.78, 5) is 12.2. The third-order valence-corrected chi connectivity index (χ3v) is 5.38. The van der Waals surface area contributed by atoms with Crippen LogP contribution >= 0.6 is 0 Å². The summed E-state index contributed by atoms with van der Waals surface area (Å²) in [6.07, 6.45) is -6.54. The van der Waals surface area contributed by atoms with Gasteiger partial charge >= 0.3 is 12.3 Å². The van der Waals surface area contributed by atoms with E-state index in [9.17, 15) is 23.1 Å². The molecule has 1 atom stereocenters. The molecule has 0 aromatic heterocycles. The lowest BCUT2D eigenvalue weighted by Crippen LogP contribution is -2.30. The van der Waals surface area contributed by atoms with Crippen LogP contribution in [0.4, 0.5) is 18.0 Å². The van der Waals surface area contributed by atoms with Crippen molar-refractivity contribution in [2.75, 3.05) is 13.2 Å². The molecule has 0 spiro atoms. The minimum Gasteiger partial charge on any atom is -0.449 e. The molecule has 2 N–H and O–H groups in total. The highest BCUT2D eigenvalue weighted by Gasteiger charge is 2.31. The maximum absolute atomic E-state index is 12.8. The molecule has 0 aliphatic heterocycles. The van der Waals surface area contributed by atoms with Crippen molar-refractivity contribution in [3.8, 4) is 11.1 Å². The number of ether oxygens (including phenoxy) is 1. The number of hydrogen-bond acceptors (Lipinski definition) is 3. The highest BCUT2D eigenvalue weighted by molar-refractivity contribution is 5.79. The van der Waals surface area contributed by atoms with Crippen LogP contribution in [0.5, 0.6) is 0 Å². The number of nitrogens with one attached hydrogen (secondary N) is 1. The lowest BCUT2D eigenvalue weighted by atomic mass is 9.98. The SMILES string of the molecule is O=C(NCC(O)c1cccc(C(F)(F)F)c1)OCC1c2ccccc2-c2ccccc21. The van der Waals surface area contributed by atoms with Crippen molar-refractivity contribution >= 4 is 6.09 Å². The first kappa shape index (κ1) is 20.9. The van der Waals surface area contributed by atoms with E-state index < -0.39 is 23.9 Å². The van der Waals surface area contributed by atoms with Crippen LogP contribution < -0.4 is 5.32 Å². The highest BCUT2D eigenvalue weighted by atomic mass is 19.4. The molecule has 0 saturated heterocycles. The molecule has 0 radical (unpaired) electrons. The molecule has 1 amide bonds. The molecule has 31 heavy (non-hydrogen) atoms. The first-order chi connectivity index (χ1) is 14.8. The second kappa shape index (κ2) is 8.43. The van der Waals surface area contributed by atoms with Gasteiger partial charge in [-0.3, -0.25) is 0 Å². The molecule has 0 bridgehead atoms. The number of amides is 1. The van der Waals surface area contributed by atoms with Crippen LogP contribution in [0.1, 0.15) is 34.3 Å². The molecule has 0 heterocycles. The number of benzene rings is 3. The Morgan fingerprint density at radius 3 is 2.19 bits per heavy atom. The van der Waals surface area contributed by atoms with Gasteiger partial charge in [0.15, 0.2) is 0 Å². The fraction of sp³-hybridized carbons (Fsp3) is 0.208. The van der Waals surface area contributed by atoms with Gasteiger partial charge in [-0.15, -0.1) is 0 Å². The van der Waals surface area contributed by atoms with Crippen LogP contribution in [-0.2, 0) is 10.9 Å². The smallest absolute Gasteiger partial charge is 0.416 e. The van der Waals surface area contributed by atoms with E-state index >= 15 is 0 Å². The summed E-state index contributed by atoms with van der Waals surface area (Å²) in [6.45, 7) is -0.155. The van der Waals surface area contributed by atoms with E-state index in [1.807, 2.05) is 48.5 Å². The summed E-state index contributed by atoms with van der Waals surface area (Å²) in [5.74, 6) is -0.105. The third-order valence-electron chi connectivity index (χ3n) is 5.38. The van der Waals surface area contributed by atoms with Gasteiger partial charge in [-0.25, -0.2) is 4.79 Å². The van der Waals surface area contributed by atoms with Crippen molar-refractivity contribution in [1.82, 2.24) is 5.32 Å². The van der Waals surface area contributed by atoms with E-state index in [2.05, 4.69) is 5.32 Å². The van der Waals surface area contributed by atoms with Gasteiger partial charge in [0.2, 0.25) is 0 Å². The predicted octanol–water partition coefficient (Wildman–Crippen LogP) is 5.28. The average Bonchev–Trinajstić information content (AvgIpc) is 3.09. The fourth-order valence-corrected chi connectivity index (χ4v) is 3.87. The zero-order valence-corrected chi connectivity index (χ0v) is 16.4. The van der Waals surface area contributed by atoms with Gasteiger partial charge in [0.05, 0.1) is 18.2 Å². The third kappa shape index (κ3) is 4.41. The Morgan fingerprint density at radius 1 is 0.968 bits per heavy atom. The Kier molecular flexibility index (Phi) is 5.69. The summed E-state index contributed by atoms with van der Waals surface area (Å²) >= 11 is 0. The van der Waals surface area contributed by atoms with Crippen molar-refractivity contribution in [2.45, 2.75) is 18.2 Å². The topological polar surface area (TPSA) is 58.6 Å². The van der Waals surface area contributed by atoms with Crippen molar-refractivity contribution in [3.63, 3.8) is 0 Å². The van der Waals surface area contributed by atoms with Gasteiger partial charge in [0.25, 0.3) is 0 Å². The number of carbonyl (C=O) groups excluding carboxylic acids is 1. The standard InChI is InChI=1S/C24H20F3NO3/c25-24(26,27)16-7-5-6-15(12-16)22(29)13-28-23(30)31-14-21-19-10-3-1-8-17(19)18-9-2-4-11-20(18)21/h1-12,21-22,29H,13-14H2,(H,28,30). The van der Waals surface area contributed by atoms with Gasteiger partial charge < -0.3 is 15.2 Å². The summed E-state index contributed by atoms with van der Waals surface area (Å²) < 4.78 is 43.9. The largest absolute Gasteiger partial charge is 0.449 e. The molecular formula is C24H20F3NO3. The normalized spacial score (nSPS) is 13.9. The predicted molar refractivity (Wildman–Crippen MR) is 109 cm³/mol. The number of alkyl halides is 3. The number of carbonyl (C=O) groups is 1. The second-order valence-electron chi connectivity index (χ2n) is 7.35. The quantitative estimate of drug-likeness (QED) is 0.583. The first-order valence-electron chi connectivity index (χ1n) is 9.78. The number of rotatable bonds is 5. The van der Waals surface area contributed by atoms with E-state index in [0.717, 1.165) is 34.4 Å². The lowest BCUT2D eigenvalue weighted by Gasteiger charge is -2.16. The van der Waals surface area contributed by atoms with E-state index in [-0.39, 0.29) is 24.6 Å². The minimum atomic E-state index is -4.50. The molecule has 1 aliphatic rings. The monoisotopic (exact) mass is 427 g/mol. The summed E-state index contributed by atoms with van der Waals surface area (Å²) in [7, 11) is 0. The van der Waals surface area contributed by atoms with Crippen molar-refractivity contribution in [3.05, 3.63) is 95.1 Å². The van der Waals surface area contributed by atoms with Gasteiger partial charge in [0, 0.05) is 5.92 Å². The highest BCUT2D eigenvalue weighted by Crippen LogP contribution is 2.44. The number of aliphatic hydroxyl groups is 1. The Hall–Kier alpha value is -3.32. The maximum Gasteiger partial charge on any atom is 0.416 e. The maximum atomic E-state index is 12.8. The van der Waals surface area contributed by atoms with E-state index in [0.29, 0.717) is 0 Å². The molecule has 0 fully saturated rings. The van der Waals surface area contributed by atoms with Crippen LogP contribution in [0.3, 0.4) is 0 Å². The van der Waals surface area contributed by atoms with Crippen LogP contribution in [0, 0.1) is 0 Å². The first-order valence-corrected chi connectivity index (χ1v) is 9.78. The molecule has 3 aromatic rings. The Bertz CT molecular complexity index is 1050. The number of hydrogen-bond donors (Lipinski definition) is 2. The average molecular weight is 427 g/mol. The second-order valence-corrected chi connectivity index (χ2v) is 7.35. The van der Waals surface area contributed by atoms with E-state index in [4.69, 9.17) is 4.74 Å². The van der Waals surface area contributed by atoms with Gasteiger partial charge in [-0.2, -0.15) is 13.2 Å². The van der Waals surface area contributed by atoms with Gasteiger partial charge in [-0.05, 0) is 39.9 Å². The van der Waals surface area contributed by atoms with Gasteiger partial charge in [-0.1, -0.05) is 60.7 Å². The number of halogens is 3. The Labute approximate surface area is 177 Å². The summed E-state index contributed by atoms with van der Waals surface area (Å²) in [6, 6.07) is 20.2. The van der Waals surface area contributed by atoms with E-state index in [1.165, 1.54) is 12.1 Å². The molecule has 4 rings (SSSR count). The summed E-state index contributed by atoms with van der Waals surface area (Å²) in [5, 5.41) is 12.6.